The number of rotatable bonds is 8. The number of nitrogens with one attached hydrogen (secondary N) is 4. The summed E-state index contributed by atoms with van der Waals surface area (Å²) in [4.78, 5) is 36.8. The van der Waals surface area contributed by atoms with Crippen LogP contribution in [0.15, 0.2) is 78.9 Å². The van der Waals surface area contributed by atoms with E-state index in [4.69, 9.17) is 0 Å². The van der Waals surface area contributed by atoms with E-state index < -0.39 is 0 Å². The van der Waals surface area contributed by atoms with E-state index in [1.165, 1.54) is 0 Å². The Hall–Kier alpha value is -4.13. The van der Waals surface area contributed by atoms with Gasteiger partial charge in [0, 0.05) is 34.2 Å². The average molecular weight is 431 g/mol. The second-order valence-electron chi connectivity index (χ2n) is 7.51. The maximum absolute atomic E-state index is 12.4. The molecule has 0 saturated heterocycles. The number of amides is 3. The first-order chi connectivity index (χ1) is 15.4. The quantitative estimate of drug-likeness (QED) is 0.432. The van der Waals surface area contributed by atoms with Gasteiger partial charge in [0.25, 0.3) is 11.8 Å². The minimum atomic E-state index is -0.256. The Morgan fingerprint density at radius 2 is 1.31 bits per heavy atom. The highest BCUT2D eigenvalue weighted by Crippen LogP contribution is 2.16. The summed E-state index contributed by atoms with van der Waals surface area (Å²) in [7, 11) is 0. The van der Waals surface area contributed by atoms with Crippen molar-refractivity contribution in [2.75, 3.05) is 22.5 Å². The molecule has 32 heavy (non-hydrogen) atoms. The molecule has 3 amide bonds. The van der Waals surface area contributed by atoms with Crippen LogP contribution in [0.5, 0.6) is 0 Å². The molecule has 3 rings (SSSR count). The molecule has 0 saturated carbocycles. The lowest BCUT2D eigenvalue weighted by Gasteiger charge is -2.12. The molecule has 3 aromatic rings. The molecule has 0 aliphatic rings. The van der Waals surface area contributed by atoms with Crippen molar-refractivity contribution >= 4 is 34.8 Å². The summed E-state index contributed by atoms with van der Waals surface area (Å²) >= 11 is 0. The summed E-state index contributed by atoms with van der Waals surface area (Å²) in [5, 5.41) is 11.5. The van der Waals surface area contributed by atoms with Crippen LogP contribution in [0.1, 0.15) is 34.6 Å². The largest absolute Gasteiger partial charge is 0.376 e. The Labute approximate surface area is 187 Å². The third-order valence-electron chi connectivity index (χ3n) is 4.44. The Kier molecular flexibility index (Phi) is 7.59. The van der Waals surface area contributed by atoms with Crippen molar-refractivity contribution in [3.05, 3.63) is 90.0 Å². The molecule has 7 nitrogen and oxygen atoms in total. The molecular formula is C25H26N4O3. The summed E-state index contributed by atoms with van der Waals surface area (Å²) in [5.41, 5.74) is 2.88. The predicted octanol–water partition coefficient (Wildman–Crippen LogP) is 4.13. The zero-order valence-electron chi connectivity index (χ0n) is 18.0. The lowest BCUT2D eigenvalue weighted by molar-refractivity contribution is -0.114. The van der Waals surface area contributed by atoms with Crippen LogP contribution >= 0.6 is 0 Å². The Balaban J connectivity index is 1.55. The van der Waals surface area contributed by atoms with E-state index in [0.29, 0.717) is 28.2 Å². The lowest BCUT2D eigenvalue weighted by atomic mass is 10.1. The molecule has 0 bridgehead atoms. The molecule has 0 radical (unpaired) electrons. The number of hydrogen-bond acceptors (Lipinski definition) is 4. The highest BCUT2D eigenvalue weighted by molar-refractivity contribution is 6.04. The molecular weight excluding hydrogens is 404 g/mol. The fraction of sp³-hybridized carbons (Fsp3) is 0.160. The van der Waals surface area contributed by atoms with Gasteiger partial charge in [-0.05, 0) is 62.4 Å². The first-order valence-electron chi connectivity index (χ1n) is 10.3. The van der Waals surface area contributed by atoms with Crippen molar-refractivity contribution in [3.8, 4) is 0 Å². The van der Waals surface area contributed by atoms with Gasteiger partial charge >= 0.3 is 0 Å². The van der Waals surface area contributed by atoms with Gasteiger partial charge in [-0.2, -0.15) is 0 Å². The van der Waals surface area contributed by atoms with Crippen LogP contribution < -0.4 is 21.3 Å². The molecule has 0 heterocycles. The molecule has 0 atom stereocenters. The number of anilines is 3. The van der Waals surface area contributed by atoms with Gasteiger partial charge in [-0.25, -0.2) is 0 Å². The monoisotopic (exact) mass is 430 g/mol. The van der Waals surface area contributed by atoms with Gasteiger partial charge in [-0.3, -0.25) is 14.4 Å². The molecule has 164 valence electrons. The standard InChI is InChI=1S/C25H26N4O3/c1-17(2)27-25(32)19-10-6-11-20(14-19)26-16-23(30)28-21-12-7-13-22(15-21)29-24(31)18-8-4-3-5-9-18/h3-15,17,26H,16H2,1-2H3,(H,27,32)(H,28,30)(H,29,31). The van der Waals surface area contributed by atoms with Crippen LogP contribution in [0.3, 0.4) is 0 Å². The molecule has 0 aliphatic carbocycles. The Morgan fingerprint density at radius 3 is 2.03 bits per heavy atom. The number of carbonyl (C=O) groups excluding carboxylic acids is 3. The van der Waals surface area contributed by atoms with Gasteiger partial charge < -0.3 is 21.3 Å². The van der Waals surface area contributed by atoms with Crippen LogP contribution in [0.4, 0.5) is 17.1 Å². The van der Waals surface area contributed by atoms with E-state index in [0.717, 1.165) is 0 Å². The molecule has 0 aromatic heterocycles. The molecule has 7 heteroatoms. The minimum Gasteiger partial charge on any atom is -0.376 e. The van der Waals surface area contributed by atoms with Gasteiger partial charge in [0.1, 0.15) is 0 Å². The van der Waals surface area contributed by atoms with E-state index in [-0.39, 0.29) is 30.3 Å². The minimum absolute atomic E-state index is 0.0237. The van der Waals surface area contributed by atoms with Crippen molar-refractivity contribution in [1.29, 1.82) is 0 Å². The van der Waals surface area contributed by atoms with Crippen LogP contribution in [0.2, 0.25) is 0 Å². The van der Waals surface area contributed by atoms with Gasteiger partial charge in [-0.15, -0.1) is 0 Å². The molecule has 0 unspecified atom stereocenters. The first-order valence-corrected chi connectivity index (χ1v) is 10.3. The van der Waals surface area contributed by atoms with Crippen molar-refractivity contribution in [2.24, 2.45) is 0 Å². The summed E-state index contributed by atoms with van der Waals surface area (Å²) < 4.78 is 0. The zero-order valence-corrected chi connectivity index (χ0v) is 18.0. The van der Waals surface area contributed by atoms with Gasteiger partial charge in [0.2, 0.25) is 5.91 Å². The fourth-order valence-electron chi connectivity index (χ4n) is 2.97. The van der Waals surface area contributed by atoms with Gasteiger partial charge in [-0.1, -0.05) is 30.3 Å². The summed E-state index contributed by atoms with van der Waals surface area (Å²) in [6, 6.07) is 22.8. The second-order valence-corrected chi connectivity index (χ2v) is 7.51. The molecule has 3 aromatic carbocycles. The van der Waals surface area contributed by atoms with Crippen molar-refractivity contribution < 1.29 is 14.4 Å². The smallest absolute Gasteiger partial charge is 0.255 e. The second kappa shape index (κ2) is 10.8. The molecule has 4 N–H and O–H groups in total. The van der Waals surface area contributed by atoms with E-state index >= 15 is 0 Å². The lowest BCUT2D eigenvalue weighted by Crippen LogP contribution is -2.30. The number of hydrogen-bond donors (Lipinski definition) is 4. The Bertz CT molecular complexity index is 1100. The van der Waals surface area contributed by atoms with Crippen LogP contribution in [-0.4, -0.2) is 30.3 Å². The van der Waals surface area contributed by atoms with E-state index in [1.807, 2.05) is 19.9 Å². The van der Waals surface area contributed by atoms with E-state index in [2.05, 4.69) is 21.3 Å². The van der Waals surface area contributed by atoms with Crippen molar-refractivity contribution in [2.45, 2.75) is 19.9 Å². The van der Waals surface area contributed by atoms with Crippen molar-refractivity contribution in [3.63, 3.8) is 0 Å². The molecule has 0 aliphatic heterocycles. The van der Waals surface area contributed by atoms with Crippen LogP contribution in [0, 0.1) is 0 Å². The SMILES string of the molecule is CC(C)NC(=O)c1cccc(NCC(=O)Nc2cccc(NC(=O)c3ccccc3)c2)c1. The average Bonchev–Trinajstić information content (AvgIpc) is 2.78. The zero-order chi connectivity index (χ0) is 22.9. The summed E-state index contributed by atoms with van der Waals surface area (Å²) in [6.07, 6.45) is 0. The normalized spacial score (nSPS) is 10.3. The van der Waals surface area contributed by atoms with Crippen LogP contribution in [-0.2, 0) is 4.79 Å². The highest BCUT2D eigenvalue weighted by Gasteiger charge is 2.09. The fourth-order valence-corrected chi connectivity index (χ4v) is 2.97. The highest BCUT2D eigenvalue weighted by atomic mass is 16.2. The topological polar surface area (TPSA) is 99.3 Å². The van der Waals surface area contributed by atoms with Gasteiger partial charge in [0.05, 0.1) is 6.54 Å². The maximum Gasteiger partial charge on any atom is 0.255 e. The summed E-state index contributed by atoms with van der Waals surface area (Å²) in [5.74, 6) is -0.645. The third kappa shape index (κ3) is 6.70. The van der Waals surface area contributed by atoms with Crippen molar-refractivity contribution in [1.82, 2.24) is 5.32 Å². The predicted molar refractivity (Wildman–Crippen MR) is 127 cm³/mol. The van der Waals surface area contributed by atoms with E-state index in [1.54, 1.807) is 72.8 Å². The first kappa shape index (κ1) is 22.6. The molecule has 0 spiro atoms. The molecule has 0 fully saturated rings. The van der Waals surface area contributed by atoms with E-state index in [9.17, 15) is 14.4 Å². The van der Waals surface area contributed by atoms with Gasteiger partial charge in [0.15, 0.2) is 0 Å². The maximum atomic E-state index is 12.4. The third-order valence-corrected chi connectivity index (χ3v) is 4.44. The van der Waals surface area contributed by atoms with Crippen LogP contribution in [0.25, 0.3) is 0 Å². The Morgan fingerprint density at radius 1 is 0.688 bits per heavy atom. The number of carbonyl (C=O) groups is 3. The summed E-state index contributed by atoms with van der Waals surface area (Å²) in [6.45, 7) is 3.81. The number of benzene rings is 3.